The molecule has 0 bridgehead atoms. The van der Waals surface area contributed by atoms with Gasteiger partial charge in [-0.2, -0.15) is 0 Å². The Kier molecular flexibility index (Phi) is 4.97. The van der Waals surface area contributed by atoms with Crippen molar-refractivity contribution in [3.05, 3.63) is 18.2 Å². The molecule has 1 atom stereocenters. The van der Waals surface area contributed by atoms with Crippen molar-refractivity contribution >= 4 is 0 Å². The molecule has 15 heavy (non-hydrogen) atoms. The second-order valence-electron chi connectivity index (χ2n) is 3.99. The predicted molar refractivity (Wildman–Crippen MR) is 63.4 cm³/mol. The molecule has 0 N–H and O–H groups in total. The largest absolute Gasteiger partial charge is 0.339 e. The van der Waals surface area contributed by atoms with E-state index in [0.29, 0.717) is 0 Å². The standard InChI is InChI=1S/C13H20N2/c1-4-7-12(5-2)8-6-9-13-10-15(3)11-14-13/h10-12H,4-5,7-8H2,1-3H3. The maximum absolute atomic E-state index is 4.17. The monoisotopic (exact) mass is 204 g/mol. The van der Waals surface area contributed by atoms with Gasteiger partial charge in [-0.3, -0.25) is 0 Å². The molecule has 0 amide bonds. The normalized spacial score (nSPS) is 11.9. The van der Waals surface area contributed by atoms with E-state index >= 15 is 0 Å². The summed E-state index contributed by atoms with van der Waals surface area (Å²) in [5.41, 5.74) is 0.879. The van der Waals surface area contributed by atoms with Crippen LogP contribution in [-0.2, 0) is 7.05 Å². The number of aromatic nitrogens is 2. The molecule has 0 aliphatic rings. The van der Waals surface area contributed by atoms with Gasteiger partial charge in [0.05, 0.1) is 6.33 Å². The summed E-state index contributed by atoms with van der Waals surface area (Å²) in [6.07, 6.45) is 8.50. The number of hydrogen-bond acceptors (Lipinski definition) is 1. The van der Waals surface area contributed by atoms with Gasteiger partial charge in [0.2, 0.25) is 0 Å². The lowest BCUT2D eigenvalue weighted by molar-refractivity contribution is 0.476. The summed E-state index contributed by atoms with van der Waals surface area (Å²) in [5, 5.41) is 0. The van der Waals surface area contributed by atoms with E-state index in [4.69, 9.17) is 0 Å². The fraction of sp³-hybridized carbons (Fsp3) is 0.615. The minimum atomic E-state index is 0.756. The van der Waals surface area contributed by atoms with E-state index in [9.17, 15) is 0 Å². The van der Waals surface area contributed by atoms with E-state index in [-0.39, 0.29) is 0 Å². The van der Waals surface area contributed by atoms with Crippen LogP contribution in [0, 0.1) is 17.8 Å². The van der Waals surface area contributed by atoms with Crippen LogP contribution in [0.3, 0.4) is 0 Å². The van der Waals surface area contributed by atoms with Crippen molar-refractivity contribution in [1.82, 2.24) is 9.55 Å². The minimum Gasteiger partial charge on any atom is -0.339 e. The lowest BCUT2D eigenvalue weighted by Gasteiger charge is -2.08. The predicted octanol–water partition coefficient (Wildman–Crippen LogP) is 2.99. The van der Waals surface area contributed by atoms with E-state index in [1.165, 1.54) is 19.3 Å². The topological polar surface area (TPSA) is 17.8 Å². The lowest BCUT2D eigenvalue weighted by Crippen LogP contribution is -1.95. The van der Waals surface area contributed by atoms with Crippen molar-refractivity contribution in [1.29, 1.82) is 0 Å². The fourth-order valence-corrected chi connectivity index (χ4v) is 1.62. The van der Waals surface area contributed by atoms with Crippen molar-refractivity contribution in [3.8, 4) is 11.8 Å². The quantitative estimate of drug-likeness (QED) is 0.689. The van der Waals surface area contributed by atoms with E-state index in [1.807, 2.05) is 17.8 Å². The highest BCUT2D eigenvalue weighted by atomic mass is 15.0. The molecule has 0 radical (unpaired) electrons. The second kappa shape index (κ2) is 6.29. The Labute approximate surface area is 92.7 Å². The van der Waals surface area contributed by atoms with Gasteiger partial charge in [0.1, 0.15) is 5.69 Å². The fourth-order valence-electron chi connectivity index (χ4n) is 1.62. The Balaban J connectivity index is 2.44. The molecule has 0 aliphatic heterocycles. The first kappa shape index (κ1) is 11.8. The van der Waals surface area contributed by atoms with E-state index in [0.717, 1.165) is 18.0 Å². The summed E-state index contributed by atoms with van der Waals surface area (Å²) in [6.45, 7) is 4.47. The maximum atomic E-state index is 4.17. The molecule has 82 valence electrons. The number of aryl methyl sites for hydroxylation is 1. The van der Waals surface area contributed by atoms with Gasteiger partial charge in [-0.1, -0.05) is 32.6 Å². The van der Waals surface area contributed by atoms with Crippen LogP contribution < -0.4 is 0 Å². The highest BCUT2D eigenvalue weighted by molar-refractivity contribution is 5.24. The first-order valence-corrected chi connectivity index (χ1v) is 5.73. The Bertz CT molecular complexity index is 341. The summed E-state index contributed by atoms with van der Waals surface area (Å²) in [4.78, 5) is 4.17. The average molecular weight is 204 g/mol. The molecule has 0 aliphatic carbocycles. The number of nitrogens with zero attached hydrogens (tertiary/aromatic N) is 2. The molecule has 1 unspecified atom stereocenters. The lowest BCUT2D eigenvalue weighted by atomic mass is 9.97. The molecule has 2 nitrogen and oxygen atoms in total. The summed E-state index contributed by atoms with van der Waals surface area (Å²) in [7, 11) is 1.96. The van der Waals surface area contributed by atoms with Gasteiger partial charge < -0.3 is 4.57 Å². The summed E-state index contributed by atoms with van der Waals surface area (Å²) >= 11 is 0. The van der Waals surface area contributed by atoms with Crippen LogP contribution in [0.25, 0.3) is 0 Å². The SMILES string of the molecule is CCCC(CC)CC#Cc1cn(C)cn1. The summed E-state index contributed by atoms with van der Waals surface area (Å²) in [5.74, 6) is 7.09. The third-order valence-electron chi connectivity index (χ3n) is 2.59. The third kappa shape index (κ3) is 4.20. The van der Waals surface area contributed by atoms with Crippen molar-refractivity contribution in [2.45, 2.75) is 39.5 Å². The highest BCUT2D eigenvalue weighted by Crippen LogP contribution is 2.13. The van der Waals surface area contributed by atoms with E-state index < -0.39 is 0 Å². The van der Waals surface area contributed by atoms with Gasteiger partial charge in [0.15, 0.2) is 0 Å². The molecule has 1 heterocycles. The molecule has 0 aromatic carbocycles. The van der Waals surface area contributed by atoms with Crippen LogP contribution >= 0.6 is 0 Å². The number of rotatable bonds is 4. The minimum absolute atomic E-state index is 0.756. The van der Waals surface area contributed by atoms with Crippen molar-refractivity contribution in [2.75, 3.05) is 0 Å². The molecule has 0 fully saturated rings. The Morgan fingerprint density at radius 1 is 1.47 bits per heavy atom. The molecule has 0 saturated carbocycles. The molecule has 1 aromatic heterocycles. The first-order chi connectivity index (χ1) is 7.26. The molecule has 0 saturated heterocycles. The molecule has 1 aromatic rings. The van der Waals surface area contributed by atoms with Crippen LogP contribution in [0.15, 0.2) is 12.5 Å². The van der Waals surface area contributed by atoms with Crippen LogP contribution in [0.4, 0.5) is 0 Å². The van der Waals surface area contributed by atoms with E-state index in [2.05, 4.69) is 30.7 Å². The smallest absolute Gasteiger partial charge is 0.131 e. The second-order valence-corrected chi connectivity index (χ2v) is 3.99. The van der Waals surface area contributed by atoms with Crippen LogP contribution in [-0.4, -0.2) is 9.55 Å². The molecular weight excluding hydrogens is 184 g/mol. The van der Waals surface area contributed by atoms with Crippen LogP contribution in [0.5, 0.6) is 0 Å². The zero-order chi connectivity index (χ0) is 11.1. The molecule has 1 rings (SSSR count). The van der Waals surface area contributed by atoms with Crippen molar-refractivity contribution in [3.63, 3.8) is 0 Å². The Hall–Kier alpha value is -1.23. The van der Waals surface area contributed by atoms with Gasteiger partial charge in [-0.25, -0.2) is 4.98 Å². The van der Waals surface area contributed by atoms with E-state index in [1.54, 1.807) is 6.33 Å². The van der Waals surface area contributed by atoms with Gasteiger partial charge in [0, 0.05) is 19.7 Å². The van der Waals surface area contributed by atoms with Crippen molar-refractivity contribution in [2.24, 2.45) is 13.0 Å². The number of hydrogen-bond donors (Lipinski definition) is 0. The molecular formula is C13H20N2. The third-order valence-corrected chi connectivity index (χ3v) is 2.59. The van der Waals surface area contributed by atoms with Gasteiger partial charge in [0.25, 0.3) is 0 Å². The zero-order valence-electron chi connectivity index (χ0n) is 9.95. The van der Waals surface area contributed by atoms with Gasteiger partial charge >= 0.3 is 0 Å². The summed E-state index contributed by atoms with van der Waals surface area (Å²) < 4.78 is 1.92. The summed E-state index contributed by atoms with van der Waals surface area (Å²) in [6, 6.07) is 0. The zero-order valence-corrected chi connectivity index (χ0v) is 9.95. The molecule has 2 heteroatoms. The van der Waals surface area contributed by atoms with Crippen LogP contribution in [0.2, 0.25) is 0 Å². The van der Waals surface area contributed by atoms with Gasteiger partial charge in [-0.05, 0) is 18.3 Å². The number of imidazole rings is 1. The van der Waals surface area contributed by atoms with Crippen molar-refractivity contribution < 1.29 is 0 Å². The average Bonchev–Trinajstić information content (AvgIpc) is 2.63. The first-order valence-electron chi connectivity index (χ1n) is 5.73. The molecule has 0 spiro atoms. The maximum Gasteiger partial charge on any atom is 0.131 e. The Morgan fingerprint density at radius 2 is 2.27 bits per heavy atom. The van der Waals surface area contributed by atoms with Crippen LogP contribution in [0.1, 0.15) is 45.2 Å². The highest BCUT2D eigenvalue weighted by Gasteiger charge is 2.01. The Morgan fingerprint density at radius 3 is 2.80 bits per heavy atom. The van der Waals surface area contributed by atoms with Gasteiger partial charge in [-0.15, -0.1) is 0 Å².